The van der Waals surface area contributed by atoms with E-state index in [4.69, 9.17) is 5.11 Å². The summed E-state index contributed by atoms with van der Waals surface area (Å²) in [6, 6.07) is -0.802. The third-order valence-electron chi connectivity index (χ3n) is 2.11. The molecular weight excluding hydrogens is 272 g/mol. The third kappa shape index (κ3) is 2.45. The Bertz CT molecular complexity index is 740. The smallest absolute Gasteiger partial charge is 0.297 e. The number of H-pyrrole nitrogens is 2. The number of aryl methyl sites for hydroxylation is 1. The van der Waals surface area contributed by atoms with Crippen molar-refractivity contribution < 1.29 is 15.3 Å². The lowest BCUT2D eigenvalue weighted by Crippen LogP contribution is -2.09. The van der Waals surface area contributed by atoms with Crippen LogP contribution in [0.2, 0.25) is 0 Å². The number of aromatic hydroxyl groups is 3. The van der Waals surface area contributed by atoms with Crippen molar-refractivity contribution >= 4 is 11.4 Å². The third-order valence-corrected chi connectivity index (χ3v) is 2.11. The summed E-state index contributed by atoms with van der Waals surface area (Å²) in [6.07, 6.45) is 0. The molecule has 0 amide bonds. The van der Waals surface area contributed by atoms with E-state index in [1.807, 2.05) is 4.98 Å². The highest BCUT2D eigenvalue weighted by molar-refractivity contribution is 5.47. The number of aromatic nitrogens is 4. The number of aromatic amines is 2. The number of hydrogen-bond donors (Lipinski definition) is 5. The van der Waals surface area contributed by atoms with E-state index in [1.165, 1.54) is 6.92 Å². The fraction of sp³-hybridized carbons (Fsp3) is 0.111. The van der Waals surface area contributed by atoms with E-state index in [1.54, 1.807) is 0 Å². The van der Waals surface area contributed by atoms with Crippen LogP contribution < -0.4 is 11.1 Å². The van der Waals surface area contributed by atoms with Crippen molar-refractivity contribution in [3.8, 4) is 17.8 Å². The molecule has 0 fully saturated rings. The molecule has 20 heavy (non-hydrogen) atoms. The van der Waals surface area contributed by atoms with Crippen LogP contribution >= 0.6 is 0 Å². The molecule has 0 aromatic carbocycles. The Hall–Kier alpha value is -3.24. The van der Waals surface area contributed by atoms with Gasteiger partial charge in [-0.3, -0.25) is 14.6 Å². The van der Waals surface area contributed by atoms with E-state index >= 15 is 0 Å². The van der Waals surface area contributed by atoms with E-state index in [2.05, 4.69) is 25.2 Å². The van der Waals surface area contributed by atoms with Crippen molar-refractivity contribution in [2.24, 2.45) is 10.2 Å². The van der Waals surface area contributed by atoms with Crippen LogP contribution in [0.5, 0.6) is 17.8 Å². The molecule has 2 aromatic heterocycles. The molecule has 104 valence electrons. The topological polar surface area (TPSA) is 177 Å². The molecule has 11 heteroatoms. The lowest BCUT2D eigenvalue weighted by molar-refractivity contribution is 0.396. The molecule has 2 aromatic rings. The van der Waals surface area contributed by atoms with Gasteiger partial charge in [0.1, 0.15) is 5.82 Å². The zero-order valence-corrected chi connectivity index (χ0v) is 9.95. The van der Waals surface area contributed by atoms with E-state index in [0.29, 0.717) is 0 Å². The minimum atomic E-state index is -0.977. The van der Waals surface area contributed by atoms with Crippen LogP contribution in [0.4, 0.5) is 11.4 Å². The number of nitrogens with zero attached hydrogens (tertiary/aromatic N) is 4. The van der Waals surface area contributed by atoms with Gasteiger partial charge in [-0.05, 0) is 6.92 Å². The van der Waals surface area contributed by atoms with E-state index in [9.17, 15) is 19.8 Å². The number of hydrogen-bond acceptors (Lipinski definition) is 9. The number of nitrogens with one attached hydrogen (secondary N) is 2. The molecule has 0 saturated carbocycles. The first-order valence-corrected chi connectivity index (χ1v) is 5.12. The highest BCUT2D eigenvalue weighted by atomic mass is 16.3. The van der Waals surface area contributed by atoms with Crippen LogP contribution in [-0.4, -0.2) is 35.3 Å². The first kappa shape index (κ1) is 13.2. The van der Waals surface area contributed by atoms with Crippen molar-refractivity contribution in [1.82, 2.24) is 19.9 Å². The van der Waals surface area contributed by atoms with Crippen LogP contribution in [0, 0.1) is 6.92 Å². The minimum Gasteiger partial charge on any atom is -0.492 e. The molecule has 0 radical (unpaired) electrons. The van der Waals surface area contributed by atoms with Crippen LogP contribution in [0.15, 0.2) is 19.8 Å². The van der Waals surface area contributed by atoms with E-state index < -0.39 is 40.3 Å². The second-order valence-corrected chi connectivity index (χ2v) is 3.59. The van der Waals surface area contributed by atoms with Gasteiger partial charge in [0.2, 0.25) is 23.1 Å². The van der Waals surface area contributed by atoms with Crippen LogP contribution in [-0.2, 0) is 0 Å². The highest BCUT2D eigenvalue weighted by Crippen LogP contribution is 2.24. The molecule has 5 N–H and O–H groups in total. The summed E-state index contributed by atoms with van der Waals surface area (Å²) in [5.74, 6) is -1.40. The van der Waals surface area contributed by atoms with E-state index in [0.717, 1.165) is 0 Å². The van der Waals surface area contributed by atoms with Gasteiger partial charge in [-0.25, -0.2) is 0 Å². The normalized spacial score (nSPS) is 11.1. The average molecular weight is 280 g/mol. The van der Waals surface area contributed by atoms with Gasteiger partial charge in [0.15, 0.2) is 0 Å². The molecule has 2 heterocycles. The second-order valence-electron chi connectivity index (χ2n) is 3.59. The van der Waals surface area contributed by atoms with Crippen LogP contribution in [0.1, 0.15) is 5.82 Å². The summed E-state index contributed by atoms with van der Waals surface area (Å²) in [5, 5.41) is 34.3. The van der Waals surface area contributed by atoms with Crippen molar-refractivity contribution in [3.63, 3.8) is 0 Å². The summed E-state index contributed by atoms with van der Waals surface area (Å²) in [7, 11) is 0. The Morgan fingerprint density at radius 1 is 0.900 bits per heavy atom. The summed E-state index contributed by atoms with van der Waals surface area (Å²) in [4.78, 5) is 33.7. The van der Waals surface area contributed by atoms with Crippen molar-refractivity contribution in [2.75, 3.05) is 0 Å². The molecule has 2 rings (SSSR count). The van der Waals surface area contributed by atoms with Crippen LogP contribution in [0.25, 0.3) is 0 Å². The van der Waals surface area contributed by atoms with Gasteiger partial charge in [-0.2, -0.15) is 9.97 Å². The van der Waals surface area contributed by atoms with Gasteiger partial charge in [0.05, 0.1) is 0 Å². The van der Waals surface area contributed by atoms with Crippen LogP contribution in [0.3, 0.4) is 0 Å². The molecule has 0 unspecified atom stereocenters. The predicted molar refractivity (Wildman–Crippen MR) is 63.6 cm³/mol. The summed E-state index contributed by atoms with van der Waals surface area (Å²) in [6.45, 7) is 1.45. The summed E-state index contributed by atoms with van der Waals surface area (Å²) < 4.78 is 0. The quantitative estimate of drug-likeness (QED) is 0.468. The maximum absolute atomic E-state index is 11.5. The zero-order chi connectivity index (χ0) is 14.9. The Morgan fingerprint density at radius 3 is 1.90 bits per heavy atom. The van der Waals surface area contributed by atoms with Crippen molar-refractivity contribution in [2.45, 2.75) is 6.92 Å². The average Bonchev–Trinajstić information content (AvgIpc) is 2.30. The molecule has 0 aliphatic heterocycles. The Kier molecular flexibility index (Phi) is 3.16. The zero-order valence-electron chi connectivity index (χ0n) is 9.95. The Balaban J connectivity index is 2.51. The molecular formula is C9H8N6O5. The first-order chi connectivity index (χ1) is 9.38. The lowest BCUT2D eigenvalue weighted by atomic mass is 10.5. The monoisotopic (exact) mass is 280 g/mol. The summed E-state index contributed by atoms with van der Waals surface area (Å²) >= 11 is 0. The minimum absolute atomic E-state index is 0.165. The predicted octanol–water partition coefficient (Wildman–Crippen LogP) is -0.306. The van der Waals surface area contributed by atoms with Gasteiger partial charge in [0, 0.05) is 0 Å². The fourth-order valence-electron chi connectivity index (χ4n) is 1.29. The lowest BCUT2D eigenvalue weighted by Gasteiger charge is -1.98. The van der Waals surface area contributed by atoms with Gasteiger partial charge in [-0.15, -0.1) is 10.2 Å². The highest BCUT2D eigenvalue weighted by Gasteiger charge is 2.12. The molecule has 11 nitrogen and oxygen atoms in total. The maximum atomic E-state index is 11.5. The fourth-order valence-corrected chi connectivity index (χ4v) is 1.29. The SMILES string of the molecule is Cc1nc(O)c(N=Nc2c(O)nc(O)[nH]c2=O)c(=O)[nH]1. The van der Waals surface area contributed by atoms with Gasteiger partial charge >= 0.3 is 0 Å². The van der Waals surface area contributed by atoms with Gasteiger partial charge < -0.3 is 20.3 Å². The number of rotatable bonds is 2. The summed E-state index contributed by atoms with van der Waals surface area (Å²) in [5.41, 5.74) is -2.93. The molecule has 0 saturated heterocycles. The number of azo groups is 1. The molecule has 0 spiro atoms. The van der Waals surface area contributed by atoms with E-state index in [-0.39, 0.29) is 5.82 Å². The largest absolute Gasteiger partial charge is 0.492 e. The molecule has 0 aliphatic carbocycles. The maximum Gasteiger partial charge on any atom is 0.297 e. The van der Waals surface area contributed by atoms with Crippen molar-refractivity contribution in [1.29, 1.82) is 0 Å². The van der Waals surface area contributed by atoms with Crippen molar-refractivity contribution in [3.05, 3.63) is 26.5 Å². The standard InChI is InChI=1S/C9H8N6O5/c1-2-10-5(16)3(6(17)11-2)14-15-4-7(18)12-9(20)13-8(4)19/h1H3,(H2,10,11,16,17)(H3,12,13,18,19,20). The molecule has 0 aliphatic rings. The Morgan fingerprint density at radius 2 is 1.40 bits per heavy atom. The second kappa shape index (κ2) is 4.79. The molecule has 0 atom stereocenters. The Labute approximate surface area is 109 Å². The van der Waals surface area contributed by atoms with Gasteiger partial charge in [-0.1, -0.05) is 0 Å². The van der Waals surface area contributed by atoms with Gasteiger partial charge in [0.25, 0.3) is 17.1 Å². The molecule has 0 bridgehead atoms. The first-order valence-electron chi connectivity index (χ1n) is 5.12.